The van der Waals surface area contributed by atoms with E-state index in [1.165, 1.54) is 6.42 Å². The van der Waals surface area contributed by atoms with E-state index in [1.807, 2.05) is 49.1 Å². The normalized spacial score (nSPS) is 22.3. The van der Waals surface area contributed by atoms with Gasteiger partial charge in [0.05, 0.1) is 6.33 Å². The Morgan fingerprint density at radius 1 is 1.21 bits per heavy atom. The first-order valence-corrected chi connectivity index (χ1v) is 9.86. The Morgan fingerprint density at radius 3 is 2.54 bits per heavy atom. The van der Waals surface area contributed by atoms with E-state index in [0.29, 0.717) is 17.9 Å². The highest BCUT2D eigenvalue weighted by molar-refractivity contribution is 5.94. The predicted octanol–water partition coefficient (Wildman–Crippen LogP) is 2.41. The van der Waals surface area contributed by atoms with Gasteiger partial charge in [-0.25, -0.2) is 4.98 Å². The van der Waals surface area contributed by atoms with Crippen molar-refractivity contribution in [3.63, 3.8) is 0 Å². The molecule has 2 aliphatic heterocycles. The predicted molar refractivity (Wildman–Crippen MR) is 106 cm³/mol. The van der Waals surface area contributed by atoms with Gasteiger partial charge in [-0.2, -0.15) is 0 Å². The van der Waals surface area contributed by atoms with Crippen molar-refractivity contribution in [2.24, 2.45) is 5.73 Å². The van der Waals surface area contributed by atoms with Crippen LogP contribution in [0.2, 0.25) is 0 Å². The van der Waals surface area contributed by atoms with E-state index < -0.39 is 11.6 Å². The monoisotopic (exact) mass is 381 g/mol. The summed E-state index contributed by atoms with van der Waals surface area (Å²) in [5.41, 5.74) is 6.01. The molecule has 0 spiro atoms. The van der Waals surface area contributed by atoms with E-state index in [-0.39, 0.29) is 11.8 Å². The van der Waals surface area contributed by atoms with E-state index >= 15 is 0 Å². The molecule has 3 heterocycles. The Morgan fingerprint density at radius 2 is 1.89 bits per heavy atom. The molecule has 0 radical (unpaired) electrons. The van der Waals surface area contributed by atoms with E-state index in [2.05, 4.69) is 10.3 Å². The van der Waals surface area contributed by atoms with Crippen molar-refractivity contribution < 1.29 is 9.59 Å². The number of anilines is 1. The molecule has 4 rings (SSSR count). The number of aromatic nitrogens is 2. The van der Waals surface area contributed by atoms with Crippen molar-refractivity contribution in [3.8, 4) is 0 Å². The zero-order valence-corrected chi connectivity index (χ0v) is 16.3. The van der Waals surface area contributed by atoms with Crippen molar-refractivity contribution in [2.45, 2.75) is 63.2 Å². The van der Waals surface area contributed by atoms with Crippen molar-refractivity contribution in [1.29, 1.82) is 0 Å². The van der Waals surface area contributed by atoms with Crippen molar-refractivity contribution in [2.75, 3.05) is 5.32 Å². The first kappa shape index (κ1) is 18.7. The number of nitrogens with zero attached hydrogens (tertiary/aromatic N) is 3. The SMILES string of the molecule is CC(C)(C(=O)N1[C@@H]2CCC[C@H]1C2)n1cnc(NC(=O)[C@@H](N)c2ccccc2)c1. The molecule has 1 aromatic heterocycles. The van der Waals surface area contributed by atoms with Crippen LogP contribution in [0.3, 0.4) is 0 Å². The molecule has 7 nitrogen and oxygen atoms in total. The van der Waals surface area contributed by atoms with Crippen LogP contribution >= 0.6 is 0 Å². The summed E-state index contributed by atoms with van der Waals surface area (Å²) in [5.74, 6) is 0.170. The summed E-state index contributed by atoms with van der Waals surface area (Å²) in [6.07, 6.45) is 7.83. The molecule has 0 aliphatic carbocycles. The topological polar surface area (TPSA) is 93.2 Å². The Kier molecular flexibility index (Phi) is 4.71. The Hall–Kier alpha value is -2.67. The average molecular weight is 381 g/mol. The number of imidazole rings is 1. The number of carbonyl (C=O) groups is 2. The summed E-state index contributed by atoms with van der Waals surface area (Å²) < 4.78 is 1.77. The molecule has 7 heteroatoms. The lowest BCUT2D eigenvalue weighted by molar-refractivity contribution is -0.157. The summed E-state index contributed by atoms with van der Waals surface area (Å²) in [7, 11) is 0. The third-order valence-corrected chi connectivity index (χ3v) is 6.08. The minimum Gasteiger partial charge on any atom is -0.335 e. The maximum Gasteiger partial charge on any atom is 0.248 e. The fraction of sp³-hybridized carbons (Fsp3) is 0.476. The standard InChI is InChI=1S/C21H27N5O2/c1-21(2,20(28)26-15-9-6-10-16(26)11-15)25-12-17(23-13-25)24-19(27)18(22)14-7-4-3-5-8-14/h3-5,7-8,12-13,15-16,18H,6,9-11,22H2,1-2H3,(H,24,27)/t15-,16+,18-/m0/s1. The van der Waals surface area contributed by atoms with Crippen LogP contribution in [-0.4, -0.2) is 38.3 Å². The van der Waals surface area contributed by atoms with Crippen LogP contribution in [0.4, 0.5) is 5.82 Å². The number of hydrogen-bond acceptors (Lipinski definition) is 4. The van der Waals surface area contributed by atoms with E-state index in [1.54, 1.807) is 17.1 Å². The molecule has 2 saturated heterocycles. The lowest BCUT2D eigenvalue weighted by atomic mass is 9.78. The highest BCUT2D eigenvalue weighted by Crippen LogP contribution is 2.40. The zero-order chi connectivity index (χ0) is 19.9. The van der Waals surface area contributed by atoms with E-state index in [9.17, 15) is 9.59 Å². The highest BCUT2D eigenvalue weighted by atomic mass is 16.2. The third-order valence-electron chi connectivity index (χ3n) is 6.08. The van der Waals surface area contributed by atoms with Gasteiger partial charge in [-0.3, -0.25) is 9.59 Å². The second-order valence-electron chi connectivity index (χ2n) is 8.29. The second kappa shape index (κ2) is 7.05. The lowest BCUT2D eigenvalue weighted by Crippen LogP contribution is -2.65. The van der Waals surface area contributed by atoms with Gasteiger partial charge in [0.2, 0.25) is 11.8 Å². The molecule has 0 unspecified atom stereocenters. The van der Waals surface area contributed by atoms with Gasteiger partial charge in [0.15, 0.2) is 5.82 Å². The zero-order valence-electron chi connectivity index (χ0n) is 16.3. The smallest absolute Gasteiger partial charge is 0.248 e. The van der Waals surface area contributed by atoms with E-state index in [4.69, 9.17) is 5.73 Å². The minimum absolute atomic E-state index is 0.115. The highest BCUT2D eigenvalue weighted by Gasteiger charge is 2.48. The van der Waals surface area contributed by atoms with Crippen LogP contribution in [0.5, 0.6) is 0 Å². The van der Waals surface area contributed by atoms with Gasteiger partial charge in [-0.05, 0) is 45.1 Å². The fourth-order valence-electron chi connectivity index (χ4n) is 4.27. The number of carbonyl (C=O) groups excluding carboxylic acids is 2. The maximum atomic E-state index is 13.2. The molecule has 3 N–H and O–H groups in total. The molecule has 1 aromatic carbocycles. The van der Waals surface area contributed by atoms with Crippen molar-refractivity contribution in [1.82, 2.24) is 14.5 Å². The molecular formula is C21H27N5O2. The molecule has 2 aliphatic rings. The number of hydrogen-bond donors (Lipinski definition) is 2. The number of fused-ring (bicyclic) bond motifs is 2. The molecule has 3 atom stereocenters. The van der Waals surface area contributed by atoms with Crippen LogP contribution in [0, 0.1) is 0 Å². The molecule has 2 amide bonds. The number of amides is 2. The molecule has 2 aromatic rings. The Labute approximate surface area is 164 Å². The fourth-order valence-corrected chi connectivity index (χ4v) is 4.27. The van der Waals surface area contributed by atoms with Gasteiger partial charge in [0.1, 0.15) is 11.6 Å². The van der Waals surface area contributed by atoms with Crippen LogP contribution in [0.15, 0.2) is 42.9 Å². The number of benzene rings is 1. The first-order valence-electron chi connectivity index (χ1n) is 9.86. The van der Waals surface area contributed by atoms with Crippen LogP contribution in [0.25, 0.3) is 0 Å². The van der Waals surface area contributed by atoms with Gasteiger partial charge >= 0.3 is 0 Å². The summed E-state index contributed by atoms with van der Waals surface area (Å²) >= 11 is 0. The van der Waals surface area contributed by atoms with Crippen LogP contribution in [-0.2, 0) is 15.1 Å². The lowest BCUT2D eigenvalue weighted by Gasteiger charge is -2.55. The van der Waals surface area contributed by atoms with Crippen molar-refractivity contribution in [3.05, 3.63) is 48.4 Å². The number of piperidine rings is 1. The van der Waals surface area contributed by atoms with Gasteiger partial charge in [-0.1, -0.05) is 30.3 Å². The van der Waals surface area contributed by atoms with Gasteiger partial charge in [-0.15, -0.1) is 0 Å². The summed E-state index contributed by atoms with van der Waals surface area (Å²) in [6, 6.07) is 9.19. The maximum absolute atomic E-state index is 13.2. The van der Waals surface area contributed by atoms with Gasteiger partial charge < -0.3 is 20.5 Å². The first-order chi connectivity index (χ1) is 13.4. The summed E-state index contributed by atoms with van der Waals surface area (Å²) in [5, 5.41) is 2.75. The number of nitrogens with one attached hydrogen (secondary N) is 1. The van der Waals surface area contributed by atoms with Gasteiger partial charge in [0.25, 0.3) is 0 Å². The van der Waals surface area contributed by atoms with Crippen LogP contribution < -0.4 is 11.1 Å². The third kappa shape index (κ3) is 3.20. The van der Waals surface area contributed by atoms with Crippen molar-refractivity contribution >= 4 is 17.6 Å². The Balaban J connectivity index is 1.44. The largest absolute Gasteiger partial charge is 0.335 e. The Bertz CT molecular complexity index is 862. The molecule has 28 heavy (non-hydrogen) atoms. The van der Waals surface area contributed by atoms with Crippen LogP contribution in [0.1, 0.15) is 51.1 Å². The second-order valence-corrected chi connectivity index (χ2v) is 8.29. The van der Waals surface area contributed by atoms with Gasteiger partial charge in [0, 0.05) is 18.3 Å². The van der Waals surface area contributed by atoms with E-state index in [0.717, 1.165) is 24.8 Å². The molecular weight excluding hydrogens is 354 g/mol. The number of nitrogens with two attached hydrogens (primary N) is 1. The number of rotatable bonds is 5. The summed E-state index contributed by atoms with van der Waals surface area (Å²) in [4.78, 5) is 31.9. The minimum atomic E-state index is -0.776. The molecule has 2 fully saturated rings. The average Bonchev–Trinajstić information content (AvgIpc) is 3.17. The molecule has 2 bridgehead atoms. The quantitative estimate of drug-likeness (QED) is 0.832. The summed E-state index contributed by atoms with van der Waals surface area (Å²) in [6.45, 7) is 3.79. The molecule has 0 saturated carbocycles. The molecule has 148 valence electrons.